The Kier molecular flexibility index (Phi) is 4.04. The minimum Gasteiger partial charge on any atom is -0.366 e. The second-order valence-electron chi connectivity index (χ2n) is 2.87. The van der Waals surface area contributed by atoms with Gasteiger partial charge in [-0.25, -0.2) is 0 Å². The molecule has 0 spiro atoms. The third kappa shape index (κ3) is 4.49. The first-order valence-corrected chi connectivity index (χ1v) is 3.72. The van der Waals surface area contributed by atoms with Crippen LogP contribution in [0.3, 0.4) is 0 Å². The SMILES string of the molecule is C/C(=C\C(N)=O)NC(=O)C(C)C. The molecule has 2 amide bonds. The standard InChI is InChI=1S/C8H14N2O2/c1-5(2)8(12)10-6(3)4-7(9)11/h4-5H,1-3H3,(H2,9,11)(H,10,12)/b6-4+. The van der Waals surface area contributed by atoms with Gasteiger partial charge in [0, 0.05) is 17.7 Å². The molecule has 0 aromatic rings. The van der Waals surface area contributed by atoms with E-state index in [4.69, 9.17) is 5.73 Å². The fourth-order valence-electron chi connectivity index (χ4n) is 0.588. The lowest BCUT2D eigenvalue weighted by Gasteiger charge is -2.06. The van der Waals surface area contributed by atoms with E-state index in [9.17, 15) is 9.59 Å². The zero-order valence-corrected chi connectivity index (χ0v) is 7.55. The molecule has 3 N–H and O–H groups in total. The number of primary amides is 1. The number of rotatable bonds is 3. The molecular formula is C8H14N2O2. The number of nitrogens with two attached hydrogens (primary N) is 1. The van der Waals surface area contributed by atoms with Gasteiger partial charge in [-0.15, -0.1) is 0 Å². The number of hydrogen-bond acceptors (Lipinski definition) is 2. The van der Waals surface area contributed by atoms with Gasteiger partial charge in [0.15, 0.2) is 0 Å². The smallest absolute Gasteiger partial charge is 0.243 e. The second-order valence-corrected chi connectivity index (χ2v) is 2.87. The molecule has 0 unspecified atom stereocenters. The Hall–Kier alpha value is -1.32. The number of nitrogens with one attached hydrogen (secondary N) is 1. The molecular weight excluding hydrogens is 156 g/mol. The molecule has 0 radical (unpaired) electrons. The van der Waals surface area contributed by atoms with Crippen LogP contribution in [0.1, 0.15) is 20.8 Å². The Morgan fingerprint density at radius 3 is 2.25 bits per heavy atom. The van der Waals surface area contributed by atoms with Crippen LogP contribution in [-0.2, 0) is 9.59 Å². The first kappa shape index (κ1) is 10.7. The summed E-state index contributed by atoms with van der Waals surface area (Å²) in [5.41, 5.74) is 5.35. The number of hydrogen-bond donors (Lipinski definition) is 2. The average molecular weight is 170 g/mol. The van der Waals surface area contributed by atoms with Crippen LogP contribution >= 0.6 is 0 Å². The third-order valence-electron chi connectivity index (χ3n) is 1.20. The molecule has 0 saturated carbocycles. The van der Waals surface area contributed by atoms with E-state index < -0.39 is 5.91 Å². The summed E-state index contributed by atoms with van der Waals surface area (Å²) < 4.78 is 0. The largest absolute Gasteiger partial charge is 0.366 e. The van der Waals surface area contributed by atoms with Gasteiger partial charge in [0.05, 0.1) is 0 Å². The monoisotopic (exact) mass is 170 g/mol. The maximum atomic E-state index is 11.0. The first-order valence-electron chi connectivity index (χ1n) is 3.72. The predicted molar refractivity (Wildman–Crippen MR) is 45.9 cm³/mol. The summed E-state index contributed by atoms with van der Waals surface area (Å²) in [6.07, 6.45) is 1.18. The molecule has 0 fully saturated rings. The predicted octanol–water partition coefficient (Wildman–Crippen LogP) is 0.148. The van der Waals surface area contributed by atoms with Crippen molar-refractivity contribution in [2.45, 2.75) is 20.8 Å². The van der Waals surface area contributed by atoms with Gasteiger partial charge < -0.3 is 11.1 Å². The van der Waals surface area contributed by atoms with Crippen LogP contribution in [0.5, 0.6) is 0 Å². The minimum absolute atomic E-state index is 0.0961. The van der Waals surface area contributed by atoms with Gasteiger partial charge in [0.2, 0.25) is 11.8 Å². The molecule has 0 atom stereocenters. The molecule has 0 rings (SSSR count). The van der Waals surface area contributed by atoms with Crippen LogP contribution in [0.15, 0.2) is 11.8 Å². The maximum absolute atomic E-state index is 11.0. The second kappa shape index (κ2) is 4.54. The number of amides is 2. The lowest BCUT2D eigenvalue weighted by Crippen LogP contribution is -2.27. The lowest BCUT2D eigenvalue weighted by atomic mass is 10.2. The summed E-state index contributed by atoms with van der Waals surface area (Å²) in [4.78, 5) is 21.4. The molecule has 0 heterocycles. The molecule has 4 heteroatoms. The van der Waals surface area contributed by atoms with Crippen molar-refractivity contribution in [1.82, 2.24) is 5.32 Å². The molecule has 4 nitrogen and oxygen atoms in total. The molecule has 0 aliphatic carbocycles. The molecule has 0 aromatic carbocycles. The number of carbonyl (C=O) groups excluding carboxylic acids is 2. The van der Waals surface area contributed by atoms with Crippen LogP contribution in [0.25, 0.3) is 0 Å². The normalized spacial score (nSPS) is 11.5. The molecule has 0 saturated heterocycles. The van der Waals surface area contributed by atoms with E-state index in [0.29, 0.717) is 5.70 Å². The van der Waals surface area contributed by atoms with Crippen LogP contribution in [-0.4, -0.2) is 11.8 Å². The van der Waals surface area contributed by atoms with E-state index in [1.165, 1.54) is 6.08 Å². The lowest BCUT2D eigenvalue weighted by molar-refractivity contribution is -0.123. The van der Waals surface area contributed by atoms with Crippen molar-refractivity contribution in [1.29, 1.82) is 0 Å². The number of allylic oxidation sites excluding steroid dienone is 1. The highest BCUT2D eigenvalue weighted by atomic mass is 16.2. The highest BCUT2D eigenvalue weighted by Crippen LogP contribution is 1.94. The van der Waals surface area contributed by atoms with Gasteiger partial charge in [-0.05, 0) is 6.92 Å². The quantitative estimate of drug-likeness (QED) is 0.592. The Morgan fingerprint density at radius 1 is 1.42 bits per heavy atom. The highest BCUT2D eigenvalue weighted by molar-refractivity contribution is 5.88. The molecule has 0 aromatic heterocycles. The summed E-state index contributed by atoms with van der Waals surface area (Å²) in [5, 5.41) is 2.53. The van der Waals surface area contributed by atoms with E-state index in [0.717, 1.165) is 0 Å². The average Bonchev–Trinajstić information content (AvgIpc) is 1.84. The van der Waals surface area contributed by atoms with E-state index in [1.807, 2.05) is 0 Å². The van der Waals surface area contributed by atoms with Crippen LogP contribution in [0, 0.1) is 5.92 Å². The minimum atomic E-state index is -0.559. The summed E-state index contributed by atoms with van der Waals surface area (Å²) >= 11 is 0. The van der Waals surface area contributed by atoms with Crippen molar-refractivity contribution < 1.29 is 9.59 Å². The Bertz CT molecular complexity index is 219. The van der Waals surface area contributed by atoms with Gasteiger partial charge in [0.1, 0.15) is 0 Å². The van der Waals surface area contributed by atoms with Crippen molar-refractivity contribution in [2.75, 3.05) is 0 Å². The van der Waals surface area contributed by atoms with Gasteiger partial charge in [0.25, 0.3) is 0 Å². The fourth-order valence-corrected chi connectivity index (χ4v) is 0.588. The van der Waals surface area contributed by atoms with Crippen molar-refractivity contribution in [3.8, 4) is 0 Å². The van der Waals surface area contributed by atoms with Crippen molar-refractivity contribution >= 4 is 11.8 Å². The fraction of sp³-hybridized carbons (Fsp3) is 0.500. The molecule has 0 aliphatic heterocycles. The molecule has 0 aliphatic rings. The van der Waals surface area contributed by atoms with E-state index >= 15 is 0 Å². The third-order valence-corrected chi connectivity index (χ3v) is 1.20. The van der Waals surface area contributed by atoms with E-state index in [1.54, 1.807) is 20.8 Å². The van der Waals surface area contributed by atoms with Gasteiger partial charge >= 0.3 is 0 Å². The zero-order valence-electron chi connectivity index (χ0n) is 7.55. The first-order chi connectivity index (χ1) is 5.43. The highest BCUT2D eigenvalue weighted by Gasteiger charge is 2.06. The van der Waals surface area contributed by atoms with Crippen LogP contribution < -0.4 is 11.1 Å². The Morgan fingerprint density at radius 2 is 1.92 bits per heavy atom. The van der Waals surface area contributed by atoms with E-state index in [-0.39, 0.29) is 11.8 Å². The number of carbonyl (C=O) groups is 2. The van der Waals surface area contributed by atoms with Gasteiger partial charge in [-0.3, -0.25) is 9.59 Å². The topological polar surface area (TPSA) is 72.2 Å². The summed E-state index contributed by atoms with van der Waals surface area (Å²) in [6, 6.07) is 0. The maximum Gasteiger partial charge on any atom is 0.243 e. The zero-order chi connectivity index (χ0) is 9.72. The van der Waals surface area contributed by atoms with Crippen molar-refractivity contribution in [3.05, 3.63) is 11.8 Å². The van der Waals surface area contributed by atoms with Gasteiger partial charge in [-0.2, -0.15) is 0 Å². The Labute approximate surface area is 71.8 Å². The summed E-state index contributed by atoms with van der Waals surface area (Å²) in [6.45, 7) is 5.16. The molecule has 0 bridgehead atoms. The van der Waals surface area contributed by atoms with Crippen LogP contribution in [0.2, 0.25) is 0 Å². The molecule has 68 valence electrons. The summed E-state index contributed by atoms with van der Waals surface area (Å²) in [7, 11) is 0. The Balaban J connectivity index is 4.09. The van der Waals surface area contributed by atoms with Gasteiger partial charge in [-0.1, -0.05) is 13.8 Å². The van der Waals surface area contributed by atoms with Crippen LogP contribution in [0.4, 0.5) is 0 Å². The summed E-state index contributed by atoms with van der Waals surface area (Å²) in [5.74, 6) is -0.775. The molecule has 12 heavy (non-hydrogen) atoms. The van der Waals surface area contributed by atoms with E-state index in [2.05, 4.69) is 5.32 Å². The van der Waals surface area contributed by atoms with Crippen molar-refractivity contribution in [3.63, 3.8) is 0 Å². The van der Waals surface area contributed by atoms with Crippen molar-refractivity contribution in [2.24, 2.45) is 11.7 Å².